The maximum Gasteiger partial charge on any atom is 0.233 e. The molecule has 0 bridgehead atoms. The first-order valence-corrected chi connectivity index (χ1v) is 14.5. The fourth-order valence-electron chi connectivity index (χ4n) is 3.78. The molecule has 1 saturated heterocycles. The summed E-state index contributed by atoms with van der Waals surface area (Å²) in [4.78, 5) is 17.6. The van der Waals surface area contributed by atoms with Gasteiger partial charge in [0.25, 0.3) is 0 Å². The summed E-state index contributed by atoms with van der Waals surface area (Å²) >= 11 is 0.838. The van der Waals surface area contributed by atoms with Crippen LogP contribution in [0.3, 0.4) is 0 Å². The third kappa shape index (κ3) is 4.59. The van der Waals surface area contributed by atoms with Gasteiger partial charge in [0.2, 0.25) is 29.9 Å². The van der Waals surface area contributed by atoms with Crippen molar-refractivity contribution in [3.63, 3.8) is 0 Å². The van der Waals surface area contributed by atoms with E-state index in [9.17, 15) is 21.6 Å². The highest BCUT2D eigenvalue weighted by Crippen LogP contribution is 2.40. The summed E-state index contributed by atoms with van der Waals surface area (Å²) in [6, 6.07) is 12.7. The smallest absolute Gasteiger partial charge is 0.233 e. The molecule has 0 saturated carbocycles. The van der Waals surface area contributed by atoms with E-state index in [0.717, 1.165) is 22.5 Å². The first-order valence-electron chi connectivity index (χ1n) is 10.7. The molecule has 1 fully saturated rings. The van der Waals surface area contributed by atoms with Crippen LogP contribution < -0.4 is 10.6 Å². The van der Waals surface area contributed by atoms with Crippen LogP contribution in [0.15, 0.2) is 67.7 Å². The molecule has 8 nitrogen and oxygen atoms in total. The van der Waals surface area contributed by atoms with Crippen molar-refractivity contribution in [3.05, 3.63) is 59.7 Å². The maximum atomic E-state index is 13.6. The van der Waals surface area contributed by atoms with Crippen molar-refractivity contribution in [2.24, 2.45) is 11.7 Å². The minimum Gasteiger partial charge on any atom is -0.369 e. The van der Waals surface area contributed by atoms with Gasteiger partial charge in [-0.05, 0) is 51.0 Å². The molecule has 0 spiro atoms. The molecule has 0 aliphatic carbocycles. The number of piperidine rings is 1. The molecular formula is C23H25N3O5S3. The highest BCUT2D eigenvalue weighted by atomic mass is 32.2. The number of sulfone groups is 2. The van der Waals surface area contributed by atoms with Crippen LogP contribution in [-0.4, -0.2) is 40.8 Å². The number of nitrogens with two attached hydrogens (primary N) is 1. The molecule has 11 heteroatoms. The molecule has 2 N–H and O–H groups in total. The number of nitrogens with zero attached hydrogens (tertiary/aromatic N) is 2. The minimum absolute atomic E-state index is 0.0379. The van der Waals surface area contributed by atoms with Gasteiger partial charge in [-0.25, -0.2) is 21.8 Å². The zero-order chi connectivity index (χ0) is 24.7. The molecule has 180 valence electrons. The second kappa shape index (κ2) is 9.12. The molecule has 4 rings (SSSR count). The quantitative estimate of drug-likeness (QED) is 0.530. The number of amides is 1. The molecular weight excluding hydrogens is 494 g/mol. The van der Waals surface area contributed by atoms with E-state index in [4.69, 9.17) is 5.73 Å². The second-order valence-electron chi connectivity index (χ2n) is 8.39. The third-order valence-electron chi connectivity index (χ3n) is 5.89. The lowest BCUT2D eigenvalue weighted by molar-refractivity contribution is -0.122. The average molecular weight is 520 g/mol. The summed E-state index contributed by atoms with van der Waals surface area (Å²) in [6.45, 7) is 4.44. The lowest BCUT2D eigenvalue weighted by Gasteiger charge is -2.31. The summed E-state index contributed by atoms with van der Waals surface area (Å²) in [5.74, 6) is -0.684. The molecule has 34 heavy (non-hydrogen) atoms. The Morgan fingerprint density at radius 1 is 0.882 bits per heavy atom. The van der Waals surface area contributed by atoms with Crippen LogP contribution in [-0.2, 0) is 24.5 Å². The summed E-state index contributed by atoms with van der Waals surface area (Å²) in [7, 11) is -8.12. The lowest BCUT2D eigenvalue weighted by atomic mass is 9.96. The van der Waals surface area contributed by atoms with Gasteiger partial charge < -0.3 is 10.6 Å². The van der Waals surface area contributed by atoms with Crippen molar-refractivity contribution in [1.82, 2.24) is 4.98 Å². The Balaban J connectivity index is 1.82. The number of carbonyl (C=O) groups is 1. The van der Waals surface area contributed by atoms with Crippen LogP contribution in [0.4, 0.5) is 5.00 Å². The van der Waals surface area contributed by atoms with Gasteiger partial charge >= 0.3 is 0 Å². The predicted octanol–water partition coefficient (Wildman–Crippen LogP) is 3.13. The Labute approximate surface area is 203 Å². The normalized spacial score (nSPS) is 15.4. The predicted molar refractivity (Wildman–Crippen MR) is 130 cm³/mol. The van der Waals surface area contributed by atoms with Gasteiger partial charge in [-0.1, -0.05) is 46.7 Å². The van der Waals surface area contributed by atoms with Gasteiger partial charge in [0.1, 0.15) is 5.00 Å². The number of anilines is 1. The number of carbonyl (C=O) groups excluding carboxylic acids is 1. The van der Waals surface area contributed by atoms with Crippen molar-refractivity contribution < 1.29 is 21.6 Å². The van der Waals surface area contributed by atoms with Gasteiger partial charge in [-0.3, -0.25) is 4.79 Å². The Morgan fingerprint density at radius 3 is 1.82 bits per heavy atom. The van der Waals surface area contributed by atoms with E-state index in [2.05, 4.69) is 4.98 Å². The highest BCUT2D eigenvalue weighted by molar-refractivity contribution is 7.94. The molecule has 1 aliphatic rings. The Morgan fingerprint density at radius 2 is 1.35 bits per heavy atom. The number of primary amides is 1. The van der Waals surface area contributed by atoms with Gasteiger partial charge in [0.05, 0.1) is 9.79 Å². The number of hydrogen-bond donors (Lipinski definition) is 1. The van der Waals surface area contributed by atoms with Crippen LogP contribution >= 0.6 is 11.3 Å². The topological polar surface area (TPSA) is 127 Å². The molecule has 3 aromatic rings. The minimum atomic E-state index is -4.09. The first kappa shape index (κ1) is 24.4. The average Bonchev–Trinajstić information content (AvgIpc) is 3.27. The van der Waals surface area contributed by atoms with E-state index >= 15 is 0 Å². The van der Waals surface area contributed by atoms with Gasteiger partial charge in [0.15, 0.2) is 5.03 Å². The monoisotopic (exact) mass is 519 g/mol. The summed E-state index contributed by atoms with van der Waals surface area (Å²) < 4.78 is 53.5. The zero-order valence-corrected chi connectivity index (χ0v) is 21.2. The number of aryl methyl sites for hydroxylation is 2. The molecule has 0 atom stereocenters. The van der Waals surface area contributed by atoms with Gasteiger partial charge in [0, 0.05) is 19.0 Å². The van der Waals surface area contributed by atoms with E-state index in [0.29, 0.717) is 25.9 Å². The van der Waals surface area contributed by atoms with E-state index in [1.165, 1.54) is 24.3 Å². The Kier molecular flexibility index (Phi) is 6.54. The highest BCUT2D eigenvalue weighted by Gasteiger charge is 2.35. The number of thiazole rings is 1. The maximum absolute atomic E-state index is 13.6. The molecule has 2 heterocycles. The Bertz CT molecular complexity index is 1420. The van der Waals surface area contributed by atoms with Crippen LogP contribution in [0.5, 0.6) is 0 Å². The second-order valence-corrected chi connectivity index (χ2v) is 13.4. The number of hydrogen-bond acceptors (Lipinski definition) is 8. The SMILES string of the molecule is Cc1ccc(S(=O)(=O)c2nc(S(=O)(=O)c3ccc(C)cc3)c(N3CCC(C(N)=O)CC3)s2)cc1. The number of rotatable bonds is 6. The van der Waals surface area contributed by atoms with Crippen molar-refractivity contribution >= 4 is 41.9 Å². The van der Waals surface area contributed by atoms with E-state index in [1.54, 1.807) is 29.2 Å². The molecule has 0 unspecified atom stereocenters. The van der Waals surface area contributed by atoms with Crippen LogP contribution in [0.1, 0.15) is 24.0 Å². The molecule has 0 radical (unpaired) electrons. The fourth-order valence-corrected chi connectivity index (χ4v) is 8.26. The van der Waals surface area contributed by atoms with Crippen LogP contribution in [0.25, 0.3) is 0 Å². The summed E-state index contributed by atoms with van der Waals surface area (Å²) in [5, 5.41) is -0.0289. The number of aromatic nitrogens is 1. The fraction of sp³-hybridized carbons (Fsp3) is 0.304. The zero-order valence-electron chi connectivity index (χ0n) is 18.8. The standard InChI is InChI=1S/C23H25N3O5S3/c1-15-3-7-18(8-4-15)33(28,29)21-22(26-13-11-17(12-14-26)20(24)27)32-23(25-21)34(30,31)19-9-5-16(2)6-10-19/h3-10,17H,11-14H2,1-2H3,(H2,24,27). The van der Waals surface area contributed by atoms with Crippen molar-refractivity contribution in [3.8, 4) is 0 Å². The third-order valence-corrected chi connectivity index (χ3v) is 11.0. The molecule has 1 aliphatic heterocycles. The summed E-state index contributed by atoms with van der Waals surface area (Å²) in [6.07, 6.45) is 0.911. The van der Waals surface area contributed by atoms with Crippen LogP contribution in [0.2, 0.25) is 0 Å². The van der Waals surface area contributed by atoms with E-state index < -0.39 is 19.7 Å². The van der Waals surface area contributed by atoms with Crippen molar-refractivity contribution in [1.29, 1.82) is 0 Å². The lowest BCUT2D eigenvalue weighted by Crippen LogP contribution is -2.38. The van der Waals surface area contributed by atoms with Gasteiger partial charge in [-0.2, -0.15) is 0 Å². The largest absolute Gasteiger partial charge is 0.369 e. The van der Waals surface area contributed by atoms with Gasteiger partial charge in [-0.15, -0.1) is 0 Å². The first-order chi connectivity index (χ1) is 16.0. The Hall–Kier alpha value is -2.76. The van der Waals surface area contributed by atoms with E-state index in [1.807, 2.05) is 13.8 Å². The van der Waals surface area contributed by atoms with E-state index in [-0.39, 0.29) is 36.0 Å². The molecule has 1 amide bonds. The van der Waals surface area contributed by atoms with Crippen molar-refractivity contribution in [2.75, 3.05) is 18.0 Å². The van der Waals surface area contributed by atoms with Crippen LogP contribution in [0, 0.1) is 19.8 Å². The van der Waals surface area contributed by atoms with Crippen molar-refractivity contribution in [2.45, 2.75) is 45.8 Å². The molecule has 2 aromatic carbocycles. The number of benzene rings is 2. The summed E-state index contributed by atoms with van der Waals surface area (Å²) in [5.41, 5.74) is 7.23. The molecule has 1 aromatic heterocycles.